The number of hydrogen-bond acceptors (Lipinski definition) is 2. The number of carboxylic acids is 1. The molecule has 0 aliphatic rings. The number of nitrogens with one attached hydrogen (secondary N) is 1. The van der Waals surface area contributed by atoms with Gasteiger partial charge in [0, 0.05) is 0 Å². The van der Waals surface area contributed by atoms with Crippen molar-refractivity contribution in [3.05, 3.63) is 64.1 Å². The molecule has 2 aromatic carbocycles. The Labute approximate surface area is 120 Å². The van der Waals surface area contributed by atoms with Gasteiger partial charge in [0.05, 0.1) is 22.3 Å². The van der Waals surface area contributed by atoms with Crippen LogP contribution in [0.1, 0.15) is 22.8 Å². The lowest BCUT2D eigenvalue weighted by molar-refractivity contribution is 0.0697. The fourth-order valence-corrected chi connectivity index (χ4v) is 2.42. The minimum atomic E-state index is -1.02. The highest BCUT2D eigenvalue weighted by molar-refractivity contribution is 5.92. The van der Waals surface area contributed by atoms with E-state index in [1.54, 1.807) is 10.6 Å². The van der Waals surface area contributed by atoms with Gasteiger partial charge < -0.3 is 10.1 Å². The molecule has 1 aromatic heterocycles. The molecular formula is C16H14N2O3. The molecule has 0 unspecified atom stereocenters. The number of imidazole rings is 1. The molecule has 21 heavy (non-hydrogen) atoms. The maximum atomic E-state index is 12.2. The number of aromatic carboxylic acids is 1. The average molecular weight is 282 g/mol. The molecule has 0 radical (unpaired) electrons. The molecule has 0 aliphatic carbocycles. The minimum absolute atomic E-state index is 0.151. The largest absolute Gasteiger partial charge is 0.478 e. The first-order valence-corrected chi connectivity index (χ1v) is 6.67. The monoisotopic (exact) mass is 282 g/mol. The van der Waals surface area contributed by atoms with Gasteiger partial charge in [-0.1, -0.05) is 19.1 Å². The van der Waals surface area contributed by atoms with Crippen molar-refractivity contribution in [1.82, 2.24) is 9.55 Å². The SMILES string of the molecule is CCc1cccc(-n2c(=O)[nH]c3cc(C(=O)O)ccc32)c1. The Balaban J connectivity index is 2.25. The fraction of sp³-hybridized carbons (Fsp3) is 0.125. The van der Waals surface area contributed by atoms with Crippen molar-refractivity contribution in [3.63, 3.8) is 0 Å². The van der Waals surface area contributed by atoms with Crippen molar-refractivity contribution in [2.75, 3.05) is 0 Å². The van der Waals surface area contributed by atoms with Gasteiger partial charge in [-0.2, -0.15) is 0 Å². The highest BCUT2D eigenvalue weighted by atomic mass is 16.4. The molecule has 0 atom stereocenters. The van der Waals surface area contributed by atoms with Crippen LogP contribution in [-0.2, 0) is 6.42 Å². The van der Waals surface area contributed by atoms with Crippen molar-refractivity contribution < 1.29 is 9.90 Å². The van der Waals surface area contributed by atoms with E-state index in [0.29, 0.717) is 11.0 Å². The number of H-pyrrole nitrogens is 1. The van der Waals surface area contributed by atoms with Crippen LogP contribution < -0.4 is 5.69 Å². The summed E-state index contributed by atoms with van der Waals surface area (Å²) in [5.41, 5.74) is 2.96. The first-order chi connectivity index (χ1) is 10.1. The second kappa shape index (κ2) is 4.94. The van der Waals surface area contributed by atoms with Gasteiger partial charge in [-0.05, 0) is 42.3 Å². The van der Waals surface area contributed by atoms with Gasteiger partial charge in [-0.25, -0.2) is 9.59 Å². The van der Waals surface area contributed by atoms with E-state index in [4.69, 9.17) is 5.11 Å². The Hall–Kier alpha value is -2.82. The summed E-state index contributed by atoms with van der Waals surface area (Å²) in [6, 6.07) is 12.3. The van der Waals surface area contributed by atoms with Gasteiger partial charge >= 0.3 is 11.7 Å². The van der Waals surface area contributed by atoms with E-state index in [2.05, 4.69) is 11.9 Å². The van der Waals surface area contributed by atoms with Gasteiger partial charge in [0.2, 0.25) is 0 Å². The summed E-state index contributed by atoms with van der Waals surface area (Å²) in [4.78, 5) is 25.9. The molecule has 0 saturated heterocycles. The summed E-state index contributed by atoms with van der Waals surface area (Å²) in [6.45, 7) is 2.05. The summed E-state index contributed by atoms with van der Waals surface area (Å²) < 4.78 is 1.56. The third-order valence-electron chi connectivity index (χ3n) is 3.51. The van der Waals surface area contributed by atoms with Gasteiger partial charge in [-0.15, -0.1) is 0 Å². The molecular weight excluding hydrogens is 268 g/mol. The number of aromatic nitrogens is 2. The predicted molar refractivity (Wildman–Crippen MR) is 80.2 cm³/mol. The van der Waals surface area contributed by atoms with Gasteiger partial charge in [0.15, 0.2) is 0 Å². The number of aryl methyl sites for hydroxylation is 1. The molecule has 0 amide bonds. The predicted octanol–water partition coefficient (Wildman–Crippen LogP) is 2.58. The van der Waals surface area contributed by atoms with Crippen LogP contribution in [0.2, 0.25) is 0 Å². The molecule has 0 bridgehead atoms. The van der Waals surface area contributed by atoms with Crippen LogP contribution in [-0.4, -0.2) is 20.6 Å². The number of aromatic amines is 1. The molecule has 1 heterocycles. The smallest absolute Gasteiger partial charge is 0.335 e. The Morgan fingerprint density at radius 3 is 2.76 bits per heavy atom. The highest BCUT2D eigenvalue weighted by Crippen LogP contribution is 2.18. The van der Waals surface area contributed by atoms with Gasteiger partial charge in [0.1, 0.15) is 0 Å². The molecule has 0 fully saturated rings. The van der Waals surface area contributed by atoms with Crippen LogP contribution in [0.15, 0.2) is 47.3 Å². The van der Waals surface area contributed by atoms with Crippen LogP contribution >= 0.6 is 0 Å². The zero-order chi connectivity index (χ0) is 15.0. The van der Waals surface area contributed by atoms with E-state index in [0.717, 1.165) is 17.7 Å². The standard InChI is InChI=1S/C16H14N2O3/c1-2-10-4-3-5-12(8-10)18-14-7-6-11(15(19)20)9-13(14)17-16(18)21/h3-9H,2H2,1H3,(H,17,21)(H,19,20). The van der Waals surface area contributed by atoms with E-state index in [9.17, 15) is 9.59 Å². The van der Waals surface area contributed by atoms with E-state index >= 15 is 0 Å². The first kappa shape index (κ1) is 13.2. The zero-order valence-corrected chi connectivity index (χ0v) is 11.5. The molecule has 106 valence electrons. The summed E-state index contributed by atoms with van der Waals surface area (Å²) in [7, 11) is 0. The van der Waals surface area contributed by atoms with Crippen LogP contribution in [0.3, 0.4) is 0 Å². The third-order valence-corrected chi connectivity index (χ3v) is 3.51. The summed E-state index contributed by atoms with van der Waals surface area (Å²) in [5.74, 6) is -1.02. The van der Waals surface area contributed by atoms with Crippen LogP contribution in [0.5, 0.6) is 0 Å². The Kier molecular flexibility index (Phi) is 3.10. The minimum Gasteiger partial charge on any atom is -0.478 e. The number of hydrogen-bond donors (Lipinski definition) is 2. The van der Waals surface area contributed by atoms with Gasteiger partial charge in [-0.3, -0.25) is 4.57 Å². The quantitative estimate of drug-likeness (QED) is 0.775. The summed E-state index contributed by atoms with van der Waals surface area (Å²) in [6.07, 6.45) is 0.883. The number of benzene rings is 2. The second-order valence-electron chi connectivity index (χ2n) is 4.83. The number of fused-ring (bicyclic) bond motifs is 1. The van der Waals surface area contributed by atoms with Gasteiger partial charge in [0.25, 0.3) is 0 Å². The number of rotatable bonds is 3. The number of nitrogens with zero attached hydrogens (tertiary/aromatic N) is 1. The lowest BCUT2D eigenvalue weighted by Gasteiger charge is -2.05. The summed E-state index contributed by atoms with van der Waals surface area (Å²) in [5, 5.41) is 9.01. The van der Waals surface area contributed by atoms with Crippen molar-refractivity contribution in [2.45, 2.75) is 13.3 Å². The molecule has 0 saturated carbocycles. The topological polar surface area (TPSA) is 75.1 Å². The lowest BCUT2D eigenvalue weighted by atomic mass is 10.1. The average Bonchev–Trinajstić information content (AvgIpc) is 2.82. The Morgan fingerprint density at radius 1 is 1.24 bits per heavy atom. The molecule has 5 heteroatoms. The number of carbonyl (C=O) groups is 1. The maximum absolute atomic E-state index is 12.2. The summed E-state index contributed by atoms with van der Waals surface area (Å²) >= 11 is 0. The van der Waals surface area contributed by atoms with Crippen LogP contribution in [0.4, 0.5) is 0 Å². The Bertz CT molecular complexity index is 890. The van der Waals surface area contributed by atoms with E-state index in [1.165, 1.54) is 12.1 Å². The molecule has 3 aromatic rings. The first-order valence-electron chi connectivity index (χ1n) is 6.67. The van der Waals surface area contributed by atoms with E-state index < -0.39 is 5.97 Å². The molecule has 5 nitrogen and oxygen atoms in total. The van der Waals surface area contributed by atoms with E-state index in [1.807, 2.05) is 24.3 Å². The maximum Gasteiger partial charge on any atom is 0.335 e. The van der Waals surface area contributed by atoms with Crippen LogP contribution in [0, 0.1) is 0 Å². The highest BCUT2D eigenvalue weighted by Gasteiger charge is 2.11. The van der Waals surface area contributed by atoms with Crippen molar-refractivity contribution in [2.24, 2.45) is 0 Å². The van der Waals surface area contributed by atoms with Crippen LogP contribution in [0.25, 0.3) is 16.7 Å². The van der Waals surface area contributed by atoms with Crippen molar-refractivity contribution in [1.29, 1.82) is 0 Å². The zero-order valence-electron chi connectivity index (χ0n) is 11.5. The molecule has 0 aliphatic heterocycles. The van der Waals surface area contributed by atoms with E-state index in [-0.39, 0.29) is 11.3 Å². The van der Waals surface area contributed by atoms with Crippen molar-refractivity contribution >= 4 is 17.0 Å². The molecule has 0 spiro atoms. The molecule has 2 N–H and O–H groups in total. The normalized spacial score (nSPS) is 10.9. The number of carboxylic acid groups (broad SMARTS) is 1. The fourth-order valence-electron chi connectivity index (χ4n) is 2.42. The Morgan fingerprint density at radius 2 is 2.05 bits per heavy atom. The molecule has 3 rings (SSSR count). The third kappa shape index (κ3) is 2.23. The van der Waals surface area contributed by atoms with Crippen molar-refractivity contribution in [3.8, 4) is 5.69 Å². The second-order valence-corrected chi connectivity index (χ2v) is 4.83. The lowest BCUT2D eigenvalue weighted by Crippen LogP contribution is -2.14.